The molecular formula is C46H51N5O11. The summed E-state index contributed by atoms with van der Waals surface area (Å²) < 4.78 is 33.8. The average molecular weight is 850 g/mol. The Kier molecular flexibility index (Phi) is 15.4. The smallest absolute Gasteiger partial charge is 0.411 e. The molecular weight excluding hydrogens is 799 g/mol. The first kappa shape index (κ1) is 44.5. The number of fused-ring (bicyclic) bond motifs is 2. The molecule has 0 aliphatic carbocycles. The second-order valence-electron chi connectivity index (χ2n) is 14.3. The van der Waals surface area contributed by atoms with Gasteiger partial charge in [-0.25, -0.2) is 9.59 Å². The second-order valence-corrected chi connectivity index (χ2v) is 14.3. The summed E-state index contributed by atoms with van der Waals surface area (Å²) in [5.41, 5.74) is 4.39. The maximum atomic E-state index is 14.2. The van der Waals surface area contributed by atoms with Gasteiger partial charge in [-0.15, -0.1) is 0 Å². The molecule has 1 atom stereocenters. The van der Waals surface area contributed by atoms with E-state index in [4.69, 9.17) is 28.4 Å². The van der Waals surface area contributed by atoms with Gasteiger partial charge in [0.1, 0.15) is 13.2 Å². The molecule has 6 rings (SSSR count). The molecule has 62 heavy (non-hydrogen) atoms. The average Bonchev–Trinajstić information content (AvgIpc) is 3.73. The van der Waals surface area contributed by atoms with E-state index in [1.54, 1.807) is 40.4 Å². The number of nitrogens with one attached hydrogen (secondary N) is 2. The van der Waals surface area contributed by atoms with Gasteiger partial charge in [-0.1, -0.05) is 49.6 Å². The molecule has 0 unspecified atom stereocenters. The minimum atomic E-state index is -0.790. The molecule has 0 radical (unpaired) electrons. The van der Waals surface area contributed by atoms with Crippen molar-refractivity contribution in [3.63, 3.8) is 0 Å². The summed E-state index contributed by atoms with van der Waals surface area (Å²) >= 11 is 0. The van der Waals surface area contributed by atoms with E-state index in [9.17, 15) is 24.3 Å². The molecule has 0 saturated carbocycles. The quantitative estimate of drug-likeness (QED) is 0.0652. The summed E-state index contributed by atoms with van der Waals surface area (Å²) in [4.78, 5) is 60.9. The Hall–Kier alpha value is -7.07. The Labute approximate surface area is 360 Å². The standard InChI is InChI=1S/C46H51N5O11/c1-5-18-61-45(55)48-36-25-41(39(57-3)23-34(36)43(53)50-17-15-31-27-47-16-14-38(31)50)59-20-10-7-11-21-60-42-26-37(49-46(56)62-19-6-2)35(24-40(42)58-4)44(54)51-28-32-13-9-8-12-30(32)22-33(51)29-52/h5-6,8-9,12-14,16,23-27,33,52H,1-2,7,10-11,15,17-22,28-29H2,3-4H3,(H,48,55)(H,49,56)/t33-/m0/s1. The highest BCUT2D eigenvalue weighted by Crippen LogP contribution is 2.38. The van der Waals surface area contributed by atoms with Gasteiger partial charge in [0.25, 0.3) is 11.8 Å². The number of hydrogen-bond donors (Lipinski definition) is 3. The van der Waals surface area contributed by atoms with Crippen molar-refractivity contribution in [3.8, 4) is 23.0 Å². The van der Waals surface area contributed by atoms with Gasteiger partial charge in [-0.05, 0) is 67.0 Å². The fraction of sp³-hybridized carbons (Fsp3) is 0.326. The Morgan fingerprint density at radius 2 is 1.35 bits per heavy atom. The fourth-order valence-corrected chi connectivity index (χ4v) is 7.26. The number of aliphatic hydroxyl groups excluding tert-OH is 1. The molecule has 16 nitrogen and oxygen atoms in total. The number of methoxy groups -OCH3 is 2. The van der Waals surface area contributed by atoms with E-state index in [0.29, 0.717) is 55.9 Å². The predicted octanol–water partition coefficient (Wildman–Crippen LogP) is 6.96. The summed E-state index contributed by atoms with van der Waals surface area (Å²) in [5, 5.41) is 15.6. The molecule has 2 aliphatic rings. The monoisotopic (exact) mass is 849 g/mol. The Balaban J connectivity index is 1.11. The molecule has 3 aromatic carbocycles. The minimum Gasteiger partial charge on any atom is -0.493 e. The third-order valence-corrected chi connectivity index (χ3v) is 10.4. The van der Waals surface area contributed by atoms with Crippen LogP contribution in [0.3, 0.4) is 0 Å². The molecule has 0 fully saturated rings. The van der Waals surface area contributed by atoms with Gasteiger partial charge in [0.15, 0.2) is 23.0 Å². The summed E-state index contributed by atoms with van der Waals surface area (Å²) in [6, 6.07) is 15.2. The number of pyridine rings is 1. The molecule has 1 aromatic heterocycles. The van der Waals surface area contributed by atoms with Gasteiger partial charge in [0, 0.05) is 37.6 Å². The van der Waals surface area contributed by atoms with Gasteiger partial charge in [0.2, 0.25) is 0 Å². The largest absolute Gasteiger partial charge is 0.493 e. The van der Waals surface area contributed by atoms with Crippen LogP contribution in [0.15, 0.2) is 92.3 Å². The van der Waals surface area contributed by atoms with Crippen LogP contribution in [0.5, 0.6) is 23.0 Å². The third-order valence-electron chi connectivity index (χ3n) is 10.4. The Morgan fingerprint density at radius 3 is 1.92 bits per heavy atom. The van der Waals surface area contributed by atoms with Crippen molar-refractivity contribution < 1.29 is 52.7 Å². The molecule has 2 aliphatic heterocycles. The van der Waals surface area contributed by atoms with Crippen LogP contribution in [-0.2, 0) is 28.9 Å². The maximum absolute atomic E-state index is 14.2. The van der Waals surface area contributed by atoms with Gasteiger partial charge >= 0.3 is 12.2 Å². The first-order valence-electron chi connectivity index (χ1n) is 20.2. The number of carbonyl (C=O) groups is 4. The van der Waals surface area contributed by atoms with E-state index in [1.807, 2.05) is 24.3 Å². The second kappa shape index (κ2) is 21.4. The summed E-state index contributed by atoms with van der Waals surface area (Å²) in [6.45, 7) is 8.10. The van der Waals surface area contributed by atoms with Crippen molar-refractivity contribution in [2.45, 2.75) is 44.7 Å². The van der Waals surface area contributed by atoms with E-state index in [1.165, 1.54) is 38.5 Å². The SMILES string of the molecule is C=CCOC(=O)Nc1cc(OCCCCCOc2cc(NC(=O)OCC=C)c(C(=O)N3Cc4ccccc4C[C@H]3CO)cc2OC)c(OC)cc1C(=O)N1CCc2cnccc21. The van der Waals surface area contributed by atoms with Crippen LogP contribution in [0.4, 0.5) is 26.7 Å². The van der Waals surface area contributed by atoms with Crippen molar-refractivity contribution in [1.29, 1.82) is 0 Å². The van der Waals surface area contributed by atoms with E-state index >= 15 is 0 Å². The van der Waals surface area contributed by atoms with Gasteiger partial charge < -0.3 is 43.3 Å². The molecule has 0 saturated heterocycles. The topological polar surface area (TPSA) is 187 Å². The highest BCUT2D eigenvalue weighted by Gasteiger charge is 2.33. The van der Waals surface area contributed by atoms with Crippen LogP contribution < -0.4 is 34.5 Å². The van der Waals surface area contributed by atoms with Crippen molar-refractivity contribution in [3.05, 3.63) is 120 Å². The van der Waals surface area contributed by atoms with Crippen molar-refractivity contribution >= 4 is 41.1 Å². The number of carbonyl (C=O) groups excluding carboxylic acids is 4. The lowest BCUT2D eigenvalue weighted by Gasteiger charge is -2.36. The predicted molar refractivity (Wildman–Crippen MR) is 232 cm³/mol. The van der Waals surface area contributed by atoms with Gasteiger partial charge in [-0.2, -0.15) is 0 Å². The molecule has 16 heteroatoms. The number of amides is 4. The van der Waals surface area contributed by atoms with E-state index in [-0.39, 0.29) is 73.7 Å². The minimum absolute atomic E-state index is 0.0221. The van der Waals surface area contributed by atoms with E-state index < -0.39 is 24.1 Å². The van der Waals surface area contributed by atoms with E-state index in [0.717, 1.165) is 22.4 Å². The van der Waals surface area contributed by atoms with Crippen LogP contribution in [0.1, 0.15) is 56.7 Å². The van der Waals surface area contributed by atoms with Crippen molar-refractivity contribution in [2.24, 2.45) is 0 Å². The van der Waals surface area contributed by atoms with Crippen LogP contribution in [0.25, 0.3) is 0 Å². The van der Waals surface area contributed by atoms with Crippen LogP contribution >= 0.6 is 0 Å². The first-order valence-corrected chi connectivity index (χ1v) is 20.2. The number of aliphatic hydroxyl groups is 1. The number of unbranched alkanes of at least 4 members (excludes halogenated alkanes) is 2. The Bertz CT molecular complexity index is 2280. The van der Waals surface area contributed by atoms with Crippen LogP contribution in [0, 0.1) is 0 Å². The van der Waals surface area contributed by atoms with Crippen LogP contribution in [0.2, 0.25) is 0 Å². The normalized spacial score (nSPS) is 13.8. The highest BCUT2D eigenvalue weighted by molar-refractivity contribution is 6.12. The molecule has 3 N–H and O–H groups in total. The lowest BCUT2D eigenvalue weighted by atomic mass is 9.93. The molecule has 326 valence electrons. The van der Waals surface area contributed by atoms with Gasteiger partial charge in [-0.3, -0.25) is 25.2 Å². The number of hydrogen-bond acceptors (Lipinski definition) is 12. The number of aromatic nitrogens is 1. The number of ether oxygens (including phenoxy) is 6. The zero-order valence-electron chi connectivity index (χ0n) is 34.9. The molecule has 3 heterocycles. The van der Waals surface area contributed by atoms with Gasteiger partial charge in [0.05, 0.1) is 68.3 Å². The summed E-state index contributed by atoms with van der Waals surface area (Å²) in [7, 11) is 2.93. The Morgan fingerprint density at radius 1 is 0.774 bits per heavy atom. The lowest BCUT2D eigenvalue weighted by Crippen LogP contribution is -2.46. The zero-order valence-corrected chi connectivity index (χ0v) is 34.9. The zero-order chi connectivity index (χ0) is 44.0. The van der Waals surface area contributed by atoms with Crippen molar-refractivity contribution in [1.82, 2.24) is 9.88 Å². The van der Waals surface area contributed by atoms with Crippen molar-refractivity contribution in [2.75, 3.05) is 69.3 Å². The highest BCUT2D eigenvalue weighted by atomic mass is 16.6. The molecule has 0 bridgehead atoms. The lowest BCUT2D eigenvalue weighted by molar-refractivity contribution is 0.0544. The first-order chi connectivity index (χ1) is 30.2. The number of nitrogens with zero attached hydrogens (tertiary/aromatic N) is 3. The fourth-order valence-electron chi connectivity index (χ4n) is 7.26. The molecule has 4 aromatic rings. The number of benzene rings is 3. The maximum Gasteiger partial charge on any atom is 0.411 e. The summed E-state index contributed by atoms with van der Waals surface area (Å²) in [6.07, 6.45) is 7.68. The van der Waals surface area contributed by atoms with Crippen LogP contribution in [-0.4, -0.2) is 98.8 Å². The molecule has 4 amide bonds. The van der Waals surface area contributed by atoms with E-state index in [2.05, 4.69) is 28.8 Å². The summed E-state index contributed by atoms with van der Waals surface area (Å²) in [5.74, 6) is 0.441. The molecule has 0 spiro atoms. The number of rotatable bonds is 19. The number of anilines is 3. The third kappa shape index (κ3) is 10.6.